The van der Waals surface area contributed by atoms with Crippen LogP contribution in [0.4, 0.5) is 0 Å². The molecule has 3 rings (SSSR count). The van der Waals surface area contributed by atoms with Gasteiger partial charge in [-0.1, -0.05) is 39.3 Å². The van der Waals surface area contributed by atoms with Gasteiger partial charge in [0.2, 0.25) is 6.29 Å². The predicted octanol–water partition coefficient (Wildman–Crippen LogP) is 3.34. The maximum Gasteiger partial charge on any atom is 0.339 e. The Kier molecular flexibility index (Phi) is 4.42. The molecule has 0 aromatic heterocycles. The number of ether oxygens (including phenoxy) is 1. The first kappa shape index (κ1) is 17.7. The minimum atomic E-state index is -1.23. The van der Waals surface area contributed by atoms with E-state index in [1.165, 1.54) is 30.9 Å². The maximum atomic E-state index is 11.8. The molecule has 0 aromatic rings. The third kappa shape index (κ3) is 2.84. The topological polar surface area (TPSA) is 66.8 Å². The van der Waals surface area contributed by atoms with Gasteiger partial charge in [-0.3, -0.25) is 0 Å². The van der Waals surface area contributed by atoms with Gasteiger partial charge in [-0.15, -0.1) is 0 Å². The van der Waals surface area contributed by atoms with Crippen LogP contribution in [0.15, 0.2) is 23.8 Å². The SMILES string of the molecule is C=C1CC[C@H]2C(C)(C)CCC[C@]2(C)[C@H]1C[C@@H](O)C1=C[C@@H](O)OC1=O. The van der Waals surface area contributed by atoms with Gasteiger partial charge < -0.3 is 14.9 Å². The fraction of sp³-hybridized carbons (Fsp3) is 0.750. The van der Waals surface area contributed by atoms with Crippen LogP contribution in [0.25, 0.3) is 0 Å². The average Bonchev–Trinajstić information content (AvgIpc) is 2.80. The molecule has 134 valence electrons. The first-order chi connectivity index (χ1) is 11.1. The quantitative estimate of drug-likeness (QED) is 0.614. The molecule has 2 N–H and O–H groups in total. The number of aliphatic hydroxyl groups is 2. The summed E-state index contributed by atoms with van der Waals surface area (Å²) in [5.41, 5.74) is 1.80. The largest absolute Gasteiger partial charge is 0.429 e. The highest BCUT2D eigenvalue weighted by molar-refractivity contribution is 5.91. The molecule has 0 unspecified atom stereocenters. The molecule has 4 heteroatoms. The highest BCUT2D eigenvalue weighted by Gasteiger charge is 2.53. The van der Waals surface area contributed by atoms with Crippen molar-refractivity contribution in [3.8, 4) is 0 Å². The van der Waals surface area contributed by atoms with E-state index in [4.69, 9.17) is 4.74 Å². The number of aliphatic hydroxyl groups excluding tert-OH is 2. The normalized spacial score (nSPS) is 39.9. The van der Waals surface area contributed by atoms with Crippen LogP contribution in [-0.4, -0.2) is 28.6 Å². The molecule has 0 aromatic carbocycles. The smallest absolute Gasteiger partial charge is 0.339 e. The van der Waals surface area contributed by atoms with Crippen LogP contribution < -0.4 is 0 Å². The lowest BCUT2D eigenvalue weighted by Crippen LogP contribution is -2.50. The molecule has 0 amide bonds. The zero-order chi connectivity index (χ0) is 17.7. The highest BCUT2D eigenvalue weighted by atomic mass is 16.6. The van der Waals surface area contributed by atoms with Crippen molar-refractivity contribution in [1.29, 1.82) is 0 Å². The molecular formula is C20H30O4. The summed E-state index contributed by atoms with van der Waals surface area (Å²) in [4.78, 5) is 11.8. The molecule has 0 bridgehead atoms. The van der Waals surface area contributed by atoms with Gasteiger partial charge in [-0.05, 0) is 60.8 Å². The zero-order valence-electron chi connectivity index (χ0n) is 15.0. The van der Waals surface area contributed by atoms with Crippen molar-refractivity contribution in [3.05, 3.63) is 23.8 Å². The van der Waals surface area contributed by atoms with Crippen molar-refractivity contribution in [3.63, 3.8) is 0 Å². The second kappa shape index (κ2) is 5.99. The molecule has 4 nitrogen and oxygen atoms in total. The van der Waals surface area contributed by atoms with E-state index in [-0.39, 0.29) is 16.9 Å². The fourth-order valence-electron chi connectivity index (χ4n) is 5.74. The Hall–Kier alpha value is -1.13. The number of hydrogen-bond donors (Lipinski definition) is 2. The lowest BCUT2D eigenvalue weighted by molar-refractivity contribution is -0.152. The van der Waals surface area contributed by atoms with Crippen molar-refractivity contribution in [2.75, 3.05) is 0 Å². The second-order valence-corrected chi connectivity index (χ2v) is 8.82. The third-order valence-corrected chi connectivity index (χ3v) is 6.92. The van der Waals surface area contributed by atoms with Crippen LogP contribution in [0.2, 0.25) is 0 Å². The Morgan fingerprint density at radius 2 is 2.08 bits per heavy atom. The van der Waals surface area contributed by atoms with Gasteiger partial charge in [-0.25, -0.2) is 4.79 Å². The summed E-state index contributed by atoms with van der Waals surface area (Å²) in [5.74, 6) is 0.191. The minimum absolute atomic E-state index is 0.111. The number of cyclic esters (lactones) is 1. The zero-order valence-corrected chi connectivity index (χ0v) is 15.0. The number of rotatable bonds is 3. The van der Waals surface area contributed by atoms with Gasteiger partial charge in [-0.2, -0.15) is 0 Å². The van der Waals surface area contributed by atoms with E-state index in [2.05, 4.69) is 27.4 Å². The molecule has 2 aliphatic carbocycles. The summed E-state index contributed by atoms with van der Waals surface area (Å²) >= 11 is 0. The number of carbonyl (C=O) groups is 1. The number of fused-ring (bicyclic) bond motifs is 1. The first-order valence-corrected chi connectivity index (χ1v) is 9.11. The van der Waals surface area contributed by atoms with Gasteiger partial charge in [0.25, 0.3) is 0 Å². The van der Waals surface area contributed by atoms with Crippen LogP contribution in [0.1, 0.15) is 59.3 Å². The summed E-state index contributed by atoms with van der Waals surface area (Å²) in [6.07, 6.45) is 5.42. The van der Waals surface area contributed by atoms with Crippen LogP contribution in [-0.2, 0) is 9.53 Å². The average molecular weight is 334 g/mol. The molecule has 1 heterocycles. The van der Waals surface area contributed by atoms with Crippen molar-refractivity contribution >= 4 is 5.97 Å². The summed E-state index contributed by atoms with van der Waals surface area (Å²) in [6.45, 7) is 11.4. The van der Waals surface area contributed by atoms with E-state index in [0.717, 1.165) is 12.8 Å². The molecule has 24 heavy (non-hydrogen) atoms. The van der Waals surface area contributed by atoms with Gasteiger partial charge in [0.15, 0.2) is 0 Å². The van der Waals surface area contributed by atoms with E-state index in [1.807, 2.05) is 0 Å². The van der Waals surface area contributed by atoms with Crippen LogP contribution >= 0.6 is 0 Å². The van der Waals surface area contributed by atoms with Gasteiger partial charge in [0.1, 0.15) is 0 Å². The summed E-state index contributed by atoms with van der Waals surface area (Å²) in [7, 11) is 0. The van der Waals surface area contributed by atoms with Crippen molar-refractivity contribution in [1.82, 2.24) is 0 Å². The maximum absolute atomic E-state index is 11.8. The Labute approximate surface area is 144 Å². The number of esters is 1. The lowest BCUT2D eigenvalue weighted by Gasteiger charge is -2.58. The fourth-order valence-corrected chi connectivity index (χ4v) is 5.74. The van der Waals surface area contributed by atoms with E-state index < -0.39 is 18.4 Å². The van der Waals surface area contributed by atoms with Crippen LogP contribution in [0.5, 0.6) is 0 Å². The molecule has 0 spiro atoms. The van der Waals surface area contributed by atoms with E-state index >= 15 is 0 Å². The number of carbonyl (C=O) groups excluding carboxylic acids is 1. The van der Waals surface area contributed by atoms with E-state index in [1.54, 1.807) is 0 Å². The minimum Gasteiger partial charge on any atom is -0.429 e. The standard InChI is InChI=1S/C20H30O4/c1-12-6-7-16-19(2,3)8-5-9-20(16,4)14(12)11-15(21)13-10-17(22)24-18(13)23/h10,14-17,21-22H,1,5-9,11H2,2-4H3/t14-,15+,16-,17-,20+/m0/s1. The summed E-state index contributed by atoms with van der Waals surface area (Å²) < 4.78 is 4.72. The summed E-state index contributed by atoms with van der Waals surface area (Å²) in [5, 5.41) is 20.1. The van der Waals surface area contributed by atoms with Gasteiger partial charge >= 0.3 is 5.97 Å². The van der Waals surface area contributed by atoms with Crippen LogP contribution in [0, 0.1) is 22.7 Å². The summed E-state index contributed by atoms with van der Waals surface area (Å²) in [6, 6.07) is 0. The molecule has 2 saturated carbocycles. The number of allylic oxidation sites excluding steroid dienone is 1. The van der Waals surface area contributed by atoms with Crippen LogP contribution in [0.3, 0.4) is 0 Å². The Morgan fingerprint density at radius 1 is 1.38 bits per heavy atom. The van der Waals surface area contributed by atoms with Gasteiger partial charge in [0, 0.05) is 0 Å². The van der Waals surface area contributed by atoms with Crippen molar-refractivity contribution < 1.29 is 19.7 Å². The monoisotopic (exact) mass is 334 g/mol. The highest BCUT2D eigenvalue weighted by Crippen LogP contribution is 2.61. The molecule has 3 aliphatic rings. The molecule has 5 atom stereocenters. The van der Waals surface area contributed by atoms with Crippen molar-refractivity contribution in [2.45, 2.75) is 71.7 Å². The molecule has 1 aliphatic heterocycles. The molecule has 2 fully saturated rings. The van der Waals surface area contributed by atoms with E-state index in [0.29, 0.717) is 17.8 Å². The Bertz CT molecular complexity index is 576. The Morgan fingerprint density at radius 3 is 2.71 bits per heavy atom. The molecular weight excluding hydrogens is 304 g/mol. The Balaban J connectivity index is 1.84. The first-order valence-electron chi connectivity index (χ1n) is 9.11. The molecule has 0 radical (unpaired) electrons. The van der Waals surface area contributed by atoms with E-state index in [9.17, 15) is 15.0 Å². The second-order valence-electron chi connectivity index (χ2n) is 8.82. The lowest BCUT2D eigenvalue weighted by atomic mass is 9.47. The number of hydrogen-bond acceptors (Lipinski definition) is 4. The molecule has 0 saturated heterocycles. The van der Waals surface area contributed by atoms with Crippen molar-refractivity contribution in [2.24, 2.45) is 22.7 Å². The third-order valence-electron chi connectivity index (χ3n) is 6.92. The predicted molar refractivity (Wildman–Crippen MR) is 91.9 cm³/mol. The van der Waals surface area contributed by atoms with Gasteiger partial charge in [0.05, 0.1) is 11.7 Å².